The third-order valence-corrected chi connectivity index (χ3v) is 4.81. The van der Waals surface area contributed by atoms with Crippen LogP contribution in [0.3, 0.4) is 0 Å². The van der Waals surface area contributed by atoms with Crippen LogP contribution in [0.15, 0.2) is 30.4 Å². The fourth-order valence-corrected chi connectivity index (χ4v) is 3.71. The van der Waals surface area contributed by atoms with Gasteiger partial charge in [0.15, 0.2) is 0 Å². The number of carbonyl (C=O) groups is 1. The number of aryl methyl sites for hydroxylation is 1. The number of amides is 1. The van der Waals surface area contributed by atoms with Gasteiger partial charge in [-0.15, -0.1) is 0 Å². The van der Waals surface area contributed by atoms with Crippen LogP contribution in [-0.2, 0) is 11.2 Å². The molecule has 4 heteroatoms. The lowest BCUT2D eigenvalue weighted by Crippen LogP contribution is -2.42. The second-order valence-corrected chi connectivity index (χ2v) is 6.34. The molecule has 106 valence electrons. The molecule has 1 aromatic rings. The van der Waals surface area contributed by atoms with Crippen molar-refractivity contribution in [3.63, 3.8) is 0 Å². The first kappa shape index (κ1) is 14.0. The number of halogens is 2. The number of carbonyl (C=O) groups excluding carboxylic acids is 1. The van der Waals surface area contributed by atoms with Gasteiger partial charge in [-0.05, 0) is 43.4 Å². The van der Waals surface area contributed by atoms with Crippen LogP contribution < -0.4 is 0 Å². The van der Waals surface area contributed by atoms with Crippen LogP contribution in [0.25, 0.3) is 0 Å². The van der Waals surface area contributed by atoms with Gasteiger partial charge in [-0.3, -0.25) is 4.79 Å². The second kappa shape index (κ2) is 5.79. The van der Waals surface area contributed by atoms with Crippen molar-refractivity contribution >= 4 is 29.1 Å². The normalized spacial score (nSPS) is 24.2. The van der Waals surface area contributed by atoms with Crippen molar-refractivity contribution in [2.45, 2.75) is 44.2 Å². The Balaban J connectivity index is 1.64. The molecule has 2 bridgehead atoms. The summed E-state index contributed by atoms with van der Waals surface area (Å²) in [6.07, 6.45) is 8.82. The maximum Gasteiger partial charge on any atom is 0.223 e. The van der Waals surface area contributed by atoms with E-state index in [-0.39, 0.29) is 5.91 Å². The molecule has 2 nitrogen and oxygen atoms in total. The molecular formula is C16H17Cl2NO. The Morgan fingerprint density at radius 3 is 2.90 bits per heavy atom. The van der Waals surface area contributed by atoms with Gasteiger partial charge in [-0.1, -0.05) is 41.4 Å². The monoisotopic (exact) mass is 309 g/mol. The minimum absolute atomic E-state index is 0.243. The van der Waals surface area contributed by atoms with E-state index >= 15 is 0 Å². The van der Waals surface area contributed by atoms with Crippen molar-refractivity contribution in [2.24, 2.45) is 0 Å². The first-order chi connectivity index (χ1) is 9.65. The van der Waals surface area contributed by atoms with E-state index in [0.29, 0.717) is 35.0 Å². The third kappa shape index (κ3) is 2.72. The highest BCUT2D eigenvalue weighted by Gasteiger charge is 2.36. The summed E-state index contributed by atoms with van der Waals surface area (Å²) >= 11 is 12.0. The molecule has 2 atom stereocenters. The van der Waals surface area contributed by atoms with E-state index in [2.05, 4.69) is 17.1 Å². The van der Waals surface area contributed by atoms with Crippen LogP contribution in [0.2, 0.25) is 10.0 Å². The summed E-state index contributed by atoms with van der Waals surface area (Å²) < 4.78 is 0. The molecule has 0 aromatic heterocycles. The molecule has 1 aromatic carbocycles. The van der Waals surface area contributed by atoms with Crippen LogP contribution in [-0.4, -0.2) is 22.9 Å². The van der Waals surface area contributed by atoms with Crippen LogP contribution in [0, 0.1) is 0 Å². The van der Waals surface area contributed by atoms with Gasteiger partial charge in [0.2, 0.25) is 5.91 Å². The maximum atomic E-state index is 12.4. The molecule has 2 unspecified atom stereocenters. The van der Waals surface area contributed by atoms with Gasteiger partial charge in [0.05, 0.1) is 6.04 Å². The molecule has 2 aliphatic heterocycles. The van der Waals surface area contributed by atoms with Gasteiger partial charge >= 0.3 is 0 Å². The zero-order valence-electron chi connectivity index (χ0n) is 11.2. The molecule has 0 aliphatic carbocycles. The lowest BCUT2D eigenvalue weighted by molar-refractivity contribution is -0.133. The number of hydrogen-bond donors (Lipinski definition) is 0. The van der Waals surface area contributed by atoms with E-state index in [1.165, 1.54) is 0 Å². The summed E-state index contributed by atoms with van der Waals surface area (Å²) in [7, 11) is 0. The molecule has 1 saturated heterocycles. The van der Waals surface area contributed by atoms with Crippen LogP contribution in [0.5, 0.6) is 0 Å². The van der Waals surface area contributed by atoms with Gasteiger partial charge in [-0.25, -0.2) is 0 Å². The quantitative estimate of drug-likeness (QED) is 0.765. The zero-order chi connectivity index (χ0) is 14.1. The molecule has 0 saturated carbocycles. The Kier molecular flexibility index (Phi) is 4.04. The second-order valence-electron chi connectivity index (χ2n) is 5.50. The SMILES string of the molecule is O=C(CCc1ccc(Cl)cc1Cl)N1C2C=CCC1CC2. The van der Waals surface area contributed by atoms with Crippen molar-refractivity contribution in [1.29, 1.82) is 0 Å². The van der Waals surface area contributed by atoms with Crippen LogP contribution in [0.4, 0.5) is 0 Å². The molecule has 0 spiro atoms. The van der Waals surface area contributed by atoms with E-state index in [9.17, 15) is 4.79 Å². The molecule has 20 heavy (non-hydrogen) atoms. The minimum Gasteiger partial charge on any atom is -0.333 e. The fourth-order valence-electron chi connectivity index (χ4n) is 3.21. The summed E-state index contributed by atoms with van der Waals surface area (Å²) in [5.74, 6) is 0.243. The number of hydrogen-bond acceptors (Lipinski definition) is 1. The van der Waals surface area contributed by atoms with E-state index in [0.717, 1.165) is 24.8 Å². The molecule has 0 N–H and O–H groups in total. The van der Waals surface area contributed by atoms with Gasteiger partial charge < -0.3 is 4.90 Å². The molecule has 3 rings (SSSR count). The molecule has 1 fully saturated rings. The largest absolute Gasteiger partial charge is 0.333 e. The Morgan fingerprint density at radius 1 is 1.30 bits per heavy atom. The molecule has 0 radical (unpaired) electrons. The minimum atomic E-state index is 0.243. The van der Waals surface area contributed by atoms with E-state index in [4.69, 9.17) is 23.2 Å². The summed E-state index contributed by atoms with van der Waals surface area (Å²) in [5, 5.41) is 1.27. The summed E-state index contributed by atoms with van der Waals surface area (Å²) in [5.41, 5.74) is 0.990. The molecule has 2 aliphatic rings. The van der Waals surface area contributed by atoms with Crippen molar-refractivity contribution in [1.82, 2.24) is 4.90 Å². The lowest BCUT2D eigenvalue weighted by atomic mass is 10.1. The zero-order valence-corrected chi connectivity index (χ0v) is 12.7. The molecule has 2 heterocycles. The summed E-state index contributed by atoms with van der Waals surface area (Å²) in [6.45, 7) is 0. The number of benzene rings is 1. The predicted octanol–water partition coefficient (Wildman–Crippen LogP) is 4.25. The van der Waals surface area contributed by atoms with Gasteiger partial charge in [0, 0.05) is 22.5 Å². The van der Waals surface area contributed by atoms with Gasteiger partial charge in [-0.2, -0.15) is 0 Å². The molecule has 1 amide bonds. The van der Waals surface area contributed by atoms with Crippen molar-refractivity contribution < 1.29 is 4.79 Å². The van der Waals surface area contributed by atoms with E-state index in [1.54, 1.807) is 6.07 Å². The van der Waals surface area contributed by atoms with Crippen molar-refractivity contribution in [3.05, 3.63) is 46.0 Å². The van der Waals surface area contributed by atoms with Crippen LogP contribution in [0.1, 0.15) is 31.2 Å². The Labute approximate surface area is 129 Å². The Bertz CT molecular complexity index is 555. The first-order valence-electron chi connectivity index (χ1n) is 7.07. The Hall–Kier alpha value is -0.990. The van der Waals surface area contributed by atoms with Gasteiger partial charge in [0.25, 0.3) is 0 Å². The van der Waals surface area contributed by atoms with E-state index in [1.807, 2.05) is 12.1 Å². The highest BCUT2D eigenvalue weighted by molar-refractivity contribution is 6.35. The lowest BCUT2D eigenvalue weighted by Gasteiger charge is -2.31. The standard InChI is InChI=1S/C16H17Cl2NO/c17-12-6-4-11(15(18)10-12)5-9-16(20)19-13-2-1-3-14(19)8-7-13/h1-2,4,6,10,13-14H,3,5,7-9H2. The van der Waals surface area contributed by atoms with Gasteiger partial charge in [0.1, 0.15) is 0 Å². The average Bonchev–Trinajstić information content (AvgIpc) is 2.67. The van der Waals surface area contributed by atoms with Crippen LogP contribution >= 0.6 is 23.2 Å². The summed E-state index contributed by atoms with van der Waals surface area (Å²) in [4.78, 5) is 14.5. The number of nitrogens with zero attached hydrogens (tertiary/aromatic N) is 1. The van der Waals surface area contributed by atoms with Crippen molar-refractivity contribution in [2.75, 3.05) is 0 Å². The average molecular weight is 310 g/mol. The summed E-state index contributed by atoms with van der Waals surface area (Å²) in [6, 6.07) is 6.19. The number of fused-ring (bicyclic) bond motifs is 2. The predicted molar refractivity (Wildman–Crippen MR) is 82.2 cm³/mol. The first-order valence-corrected chi connectivity index (χ1v) is 7.82. The highest BCUT2D eigenvalue weighted by Crippen LogP contribution is 2.32. The highest BCUT2D eigenvalue weighted by atomic mass is 35.5. The smallest absolute Gasteiger partial charge is 0.223 e. The number of rotatable bonds is 3. The van der Waals surface area contributed by atoms with E-state index < -0.39 is 0 Å². The third-order valence-electron chi connectivity index (χ3n) is 4.22. The molecular weight excluding hydrogens is 293 g/mol. The topological polar surface area (TPSA) is 20.3 Å². The maximum absolute atomic E-state index is 12.4. The fraction of sp³-hybridized carbons (Fsp3) is 0.438. The van der Waals surface area contributed by atoms with Crippen molar-refractivity contribution in [3.8, 4) is 0 Å². The Morgan fingerprint density at radius 2 is 2.15 bits per heavy atom.